The summed E-state index contributed by atoms with van der Waals surface area (Å²) in [7, 11) is 0. The van der Waals surface area contributed by atoms with Gasteiger partial charge < -0.3 is 10.1 Å². The van der Waals surface area contributed by atoms with Gasteiger partial charge in [-0.3, -0.25) is 29.7 Å². The summed E-state index contributed by atoms with van der Waals surface area (Å²) < 4.78 is 44.5. The van der Waals surface area contributed by atoms with Gasteiger partial charge in [-0.25, -0.2) is 0 Å². The van der Waals surface area contributed by atoms with Crippen LogP contribution in [0.2, 0.25) is 0 Å². The van der Waals surface area contributed by atoms with E-state index in [-0.39, 0.29) is 18.0 Å². The lowest BCUT2D eigenvalue weighted by atomic mass is 10.2. The number of hydrogen-bond donors (Lipinski definition) is 1. The molecule has 14 heteroatoms. The first-order chi connectivity index (χ1) is 13.5. The molecular formula is C15H14F3N5O6. The molecule has 1 N–H and O–H groups in total. The van der Waals surface area contributed by atoms with Gasteiger partial charge in [0, 0.05) is 0 Å². The Bertz CT molecular complexity index is 972. The number of aromatic nitrogens is 2. The number of ether oxygens (including phenoxy) is 1. The van der Waals surface area contributed by atoms with Crippen molar-refractivity contribution in [1.29, 1.82) is 0 Å². The number of alkyl halides is 3. The Morgan fingerprint density at radius 2 is 1.93 bits per heavy atom. The molecule has 0 unspecified atom stereocenters. The summed E-state index contributed by atoms with van der Waals surface area (Å²) in [5.41, 5.74) is -4.21. The molecule has 0 radical (unpaired) electrons. The van der Waals surface area contributed by atoms with E-state index in [1.54, 1.807) is 6.92 Å². The molecule has 0 aliphatic carbocycles. The minimum Gasteiger partial charge on any atom is -0.494 e. The quantitative estimate of drug-likeness (QED) is 0.539. The van der Waals surface area contributed by atoms with Crippen molar-refractivity contribution in [1.82, 2.24) is 9.78 Å². The van der Waals surface area contributed by atoms with Crippen LogP contribution < -0.4 is 10.1 Å². The third-order valence-electron chi connectivity index (χ3n) is 3.67. The summed E-state index contributed by atoms with van der Waals surface area (Å²) in [5.74, 6) is -0.781. The van der Waals surface area contributed by atoms with Gasteiger partial charge >= 0.3 is 11.9 Å². The fraction of sp³-hybridized carbons (Fsp3) is 0.333. The zero-order valence-corrected chi connectivity index (χ0v) is 15.0. The molecule has 156 valence electrons. The van der Waals surface area contributed by atoms with E-state index in [1.165, 1.54) is 12.1 Å². The average molecular weight is 417 g/mol. The predicted octanol–water partition coefficient (Wildman–Crippen LogP) is 3.06. The normalized spacial score (nSPS) is 11.2. The number of hydrogen-bond acceptors (Lipinski definition) is 7. The number of amides is 1. The van der Waals surface area contributed by atoms with Crippen LogP contribution in [0.1, 0.15) is 18.3 Å². The molecule has 1 heterocycles. The van der Waals surface area contributed by atoms with Gasteiger partial charge in [0.05, 0.1) is 22.5 Å². The standard InChI is InChI=1S/C15H14F3N5O6/c1-3-29-9-4-5-10(11(6-9)22(25)26)19-12(24)7-21-8(2)13(23(27)28)14(20-21)15(16,17)18/h4-6H,3,7H2,1-2H3,(H,19,24). The van der Waals surface area contributed by atoms with Crippen LogP contribution in [-0.4, -0.2) is 32.1 Å². The van der Waals surface area contributed by atoms with Crippen LogP contribution in [-0.2, 0) is 17.5 Å². The van der Waals surface area contributed by atoms with Gasteiger partial charge in [0.2, 0.25) is 11.6 Å². The lowest BCUT2D eigenvalue weighted by Gasteiger charge is -2.09. The molecule has 0 saturated heterocycles. The van der Waals surface area contributed by atoms with Crippen LogP contribution in [0.5, 0.6) is 5.75 Å². The second kappa shape index (κ2) is 8.12. The van der Waals surface area contributed by atoms with Crippen LogP contribution in [0, 0.1) is 27.2 Å². The topological polar surface area (TPSA) is 142 Å². The first-order valence-corrected chi connectivity index (χ1v) is 7.95. The number of rotatable bonds is 7. The van der Waals surface area contributed by atoms with Gasteiger partial charge in [0.25, 0.3) is 5.69 Å². The number of nitro groups is 2. The van der Waals surface area contributed by atoms with Crippen molar-refractivity contribution in [3.05, 3.63) is 49.8 Å². The Kier molecular flexibility index (Phi) is 6.04. The van der Waals surface area contributed by atoms with E-state index in [2.05, 4.69) is 10.4 Å². The largest absolute Gasteiger partial charge is 0.494 e. The maximum absolute atomic E-state index is 13.0. The fourth-order valence-electron chi connectivity index (χ4n) is 2.45. The Morgan fingerprint density at radius 3 is 2.41 bits per heavy atom. The van der Waals surface area contributed by atoms with Gasteiger partial charge in [0.15, 0.2) is 0 Å². The highest BCUT2D eigenvalue weighted by molar-refractivity contribution is 5.93. The van der Waals surface area contributed by atoms with E-state index in [0.717, 1.165) is 13.0 Å². The smallest absolute Gasteiger partial charge is 0.442 e. The SMILES string of the molecule is CCOc1ccc(NC(=O)Cn2nc(C(F)(F)F)c([N+](=O)[O-])c2C)c([N+](=O)[O-])c1. The molecule has 1 amide bonds. The van der Waals surface area contributed by atoms with Crippen molar-refractivity contribution in [2.75, 3.05) is 11.9 Å². The second-order valence-electron chi connectivity index (χ2n) is 5.61. The molecule has 29 heavy (non-hydrogen) atoms. The molecule has 1 aromatic heterocycles. The second-order valence-corrected chi connectivity index (χ2v) is 5.61. The van der Waals surface area contributed by atoms with Crippen molar-refractivity contribution < 1.29 is 32.5 Å². The first-order valence-electron chi connectivity index (χ1n) is 7.95. The first kappa shape index (κ1) is 21.6. The Morgan fingerprint density at radius 1 is 1.28 bits per heavy atom. The zero-order valence-electron chi connectivity index (χ0n) is 15.0. The number of benzene rings is 1. The number of anilines is 1. The van der Waals surface area contributed by atoms with E-state index < -0.39 is 51.2 Å². The number of nitrogens with one attached hydrogen (secondary N) is 1. The summed E-state index contributed by atoms with van der Waals surface area (Å²) in [4.78, 5) is 32.3. The van der Waals surface area contributed by atoms with Crippen molar-refractivity contribution in [2.24, 2.45) is 0 Å². The van der Waals surface area contributed by atoms with Crippen molar-refractivity contribution in [2.45, 2.75) is 26.6 Å². The predicted molar refractivity (Wildman–Crippen MR) is 91.5 cm³/mol. The average Bonchev–Trinajstić information content (AvgIpc) is 2.93. The monoisotopic (exact) mass is 417 g/mol. The molecule has 1 aromatic carbocycles. The van der Waals surface area contributed by atoms with Crippen molar-refractivity contribution >= 4 is 23.0 Å². The van der Waals surface area contributed by atoms with Gasteiger partial charge in [0.1, 0.15) is 23.7 Å². The number of halogens is 3. The Hall–Kier alpha value is -3.71. The third kappa shape index (κ3) is 4.77. The van der Waals surface area contributed by atoms with Crippen molar-refractivity contribution in [3.8, 4) is 5.75 Å². The number of carbonyl (C=O) groups is 1. The van der Waals surface area contributed by atoms with Gasteiger partial charge in [-0.2, -0.15) is 18.3 Å². The summed E-state index contributed by atoms with van der Waals surface area (Å²) in [6.07, 6.45) is -5.09. The molecule has 0 fully saturated rings. The number of nitrogens with zero attached hydrogens (tertiary/aromatic N) is 4. The molecule has 0 atom stereocenters. The van der Waals surface area contributed by atoms with Crippen LogP contribution in [0.25, 0.3) is 0 Å². The molecule has 0 saturated carbocycles. The summed E-state index contributed by atoms with van der Waals surface area (Å²) >= 11 is 0. The molecule has 0 spiro atoms. The maximum atomic E-state index is 13.0. The fourth-order valence-corrected chi connectivity index (χ4v) is 2.45. The van der Waals surface area contributed by atoms with E-state index >= 15 is 0 Å². The number of carbonyl (C=O) groups excluding carboxylic acids is 1. The van der Waals surface area contributed by atoms with E-state index in [0.29, 0.717) is 4.68 Å². The Labute approximate surface area is 160 Å². The van der Waals surface area contributed by atoms with E-state index in [1.807, 2.05) is 0 Å². The zero-order chi connectivity index (χ0) is 21.9. The summed E-state index contributed by atoms with van der Waals surface area (Å²) in [6, 6.07) is 3.63. The molecular weight excluding hydrogens is 403 g/mol. The molecule has 2 aromatic rings. The molecule has 0 bridgehead atoms. The highest BCUT2D eigenvalue weighted by Gasteiger charge is 2.44. The third-order valence-corrected chi connectivity index (χ3v) is 3.67. The highest BCUT2D eigenvalue weighted by atomic mass is 19.4. The van der Waals surface area contributed by atoms with E-state index in [9.17, 15) is 38.2 Å². The lowest BCUT2D eigenvalue weighted by Crippen LogP contribution is -2.21. The molecule has 11 nitrogen and oxygen atoms in total. The molecule has 2 rings (SSSR count). The van der Waals surface area contributed by atoms with Gasteiger partial charge in [-0.15, -0.1) is 0 Å². The maximum Gasteiger partial charge on any atom is 0.442 e. The van der Waals surface area contributed by atoms with Crippen LogP contribution in [0.3, 0.4) is 0 Å². The van der Waals surface area contributed by atoms with Gasteiger partial charge in [-0.1, -0.05) is 0 Å². The Balaban J connectivity index is 2.31. The minimum atomic E-state index is -5.09. The summed E-state index contributed by atoms with van der Waals surface area (Å²) in [6.45, 7) is 2.10. The van der Waals surface area contributed by atoms with Crippen LogP contribution >= 0.6 is 0 Å². The summed E-state index contributed by atoms with van der Waals surface area (Å²) in [5, 5.41) is 27.4. The molecule has 0 aliphatic heterocycles. The minimum absolute atomic E-state index is 0.186. The lowest BCUT2D eigenvalue weighted by molar-refractivity contribution is -0.388. The van der Waals surface area contributed by atoms with Crippen molar-refractivity contribution in [3.63, 3.8) is 0 Å². The van der Waals surface area contributed by atoms with Crippen LogP contribution in [0.4, 0.5) is 30.2 Å². The highest BCUT2D eigenvalue weighted by Crippen LogP contribution is 2.37. The van der Waals surface area contributed by atoms with Crippen LogP contribution in [0.15, 0.2) is 18.2 Å². The number of nitro benzene ring substituents is 1. The molecule has 0 aliphatic rings. The van der Waals surface area contributed by atoms with Gasteiger partial charge in [-0.05, 0) is 26.0 Å². The van der Waals surface area contributed by atoms with E-state index in [4.69, 9.17) is 4.74 Å².